The van der Waals surface area contributed by atoms with Gasteiger partial charge in [0, 0.05) is 69.0 Å². The van der Waals surface area contributed by atoms with E-state index in [1.165, 1.54) is 4.90 Å². The van der Waals surface area contributed by atoms with Crippen LogP contribution in [-0.4, -0.2) is 97.9 Å². The number of rotatable bonds is 8. The Bertz CT molecular complexity index is 1450. The van der Waals surface area contributed by atoms with Crippen LogP contribution >= 0.6 is 11.6 Å². The molecule has 1 amide bonds. The van der Waals surface area contributed by atoms with E-state index in [2.05, 4.69) is 45.5 Å². The third kappa shape index (κ3) is 6.16. The Morgan fingerprint density at radius 3 is 2.52 bits per heavy atom. The fraction of sp³-hybridized carbons (Fsp3) is 0.452. The van der Waals surface area contributed by atoms with Gasteiger partial charge in [0.15, 0.2) is 5.83 Å². The number of carbonyl (C=O) groups excluding carboxylic acids is 1. The van der Waals surface area contributed by atoms with E-state index in [-0.39, 0.29) is 0 Å². The fourth-order valence-corrected chi connectivity index (χ4v) is 6.31. The van der Waals surface area contributed by atoms with Crippen LogP contribution in [0.5, 0.6) is 6.01 Å². The molecule has 42 heavy (non-hydrogen) atoms. The number of halogens is 2. The van der Waals surface area contributed by atoms with Gasteiger partial charge >= 0.3 is 6.01 Å². The van der Waals surface area contributed by atoms with Crippen LogP contribution in [-0.2, 0) is 22.5 Å². The molecule has 3 aliphatic heterocycles. The zero-order chi connectivity index (χ0) is 29.1. The summed E-state index contributed by atoms with van der Waals surface area (Å²) < 4.78 is 25.1. The number of aromatic nitrogens is 2. The lowest BCUT2D eigenvalue weighted by Gasteiger charge is -2.38. The van der Waals surface area contributed by atoms with E-state index < -0.39 is 11.7 Å². The summed E-state index contributed by atoms with van der Waals surface area (Å²) >= 11 is 6.67. The zero-order valence-electron chi connectivity index (χ0n) is 23.7. The Labute approximate surface area is 250 Å². The Morgan fingerprint density at radius 2 is 1.76 bits per heavy atom. The van der Waals surface area contributed by atoms with Crippen LogP contribution in [0.4, 0.5) is 15.9 Å². The van der Waals surface area contributed by atoms with Crippen molar-refractivity contribution in [2.45, 2.75) is 19.4 Å². The van der Waals surface area contributed by atoms with Gasteiger partial charge in [-0.2, -0.15) is 9.97 Å². The third-order valence-corrected chi connectivity index (χ3v) is 8.56. The highest BCUT2D eigenvalue weighted by Gasteiger charge is 2.30. The Balaban J connectivity index is 1.24. The Hall–Kier alpha value is -3.47. The monoisotopic (exact) mass is 594 g/mol. The van der Waals surface area contributed by atoms with Crippen LogP contribution < -0.4 is 14.5 Å². The Morgan fingerprint density at radius 1 is 1.00 bits per heavy atom. The summed E-state index contributed by atoms with van der Waals surface area (Å²) in [5.74, 6) is -0.734. The van der Waals surface area contributed by atoms with Gasteiger partial charge in [0.1, 0.15) is 5.82 Å². The molecule has 9 nitrogen and oxygen atoms in total. The summed E-state index contributed by atoms with van der Waals surface area (Å²) in [6, 6.07) is 12.6. The SMILES string of the molecule is C=C(F)C(=O)N1CCN(c2nc(OCCCN3CCOCC3)nc3c2CCN(c2cccc4cccc(Cl)c24)C3)CC1. The highest BCUT2D eigenvalue weighted by molar-refractivity contribution is 6.36. The molecular weight excluding hydrogens is 559 g/mol. The maximum atomic E-state index is 13.5. The second-order valence-corrected chi connectivity index (χ2v) is 11.3. The van der Waals surface area contributed by atoms with Gasteiger partial charge in [-0.3, -0.25) is 9.69 Å². The van der Waals surface area contributed by atoms with Gasteiger partial charge < -0.3 is 24.2 Å². The molecule has 222 valence electrons. The Kier molecular flexibility index (Phi) is 8.73. The number of hydrogen-bond acceptors (Lipinski definition) is 8. The predicted octanol–water partition coefficient (Wildman–Crippen LogP) is 4.08. The molecule has 0 radical (unpaired) electrons. The van der Waals surface area contributed by atoms with E-state index in [0.717, 1.165) is 90.8 Å². The molecular formula is C31H36ClFN6O3. The first-order chi connectivity index (χ1) is 20.5. The van der Waals surface area contributed by atoms with E-state index in [4.69, 9.17) is 31.0 Å². The lowest BCUT2D eigenvalue weighted by molar-refractivity contribution is -0.128. The van der Waals surface area contributed by atoms with Crippen molar-refractivity contribution in [2.24, 2.45) is 0 Å². The predicted molar refractivity (Wildman–Crippen MR) is 162 cm³/mol. The molecule has 3 aromatic rings. The molecule has 0 bridgehead atoms. The quantitative estimate of drug-likeness (QED) is 0.285. The van der Waals surface area contributed by atoms with Crippen LogP contribution in [0.3, 0.4) is 0 Å². The molecule has 2 saturated heterocycles. The minimum absolute atomic E-state index is 0.360. The summed E-state index contributed by atoms with van der Waals surface area (Å²) in [6.45, 7) is 11.3. The van der Waals surface area contributed by atoms with Crippen molar-refractivity contribution in [1.82, 2.24) is 19.8 Å². The third-order valence-electron chi connectivity index (χ3n) is 8.25. The molecule has 4 heterocycles. The zero-order valence-corrected chi connectivity index (χ0v) is 24.5. The number of piperazine rings is 1. The van der Waals surface area contributed by atoms with Crippen molar-refractivity contribution in [3.05, 3.63) is 65.1 Å². The second kappa shape index (κ2) is 12.8. The van der Waals surface area contributed by atoms with Crippen molar-refractivity contribution in [1.29, 1.82) is 0 Å². The molecule has 0 aliphatic carbocycles. The summed E-state index contributed by atoms with van der Waals surface area (Å²) in [5, 5.41) is 2.86. The van der Waals surface area contributed by atoms with Gasteiger partial charge in [0.2, 0.25) is 0 Å². The van der Waals surface area contributed by atoms with E-state index in [0.29, 0.717) is 45.3 Å². The molecule has 1 aromatic heterocycles. The second-order valence-electron chi connectivity index (χ2n) is 10.9. The van der Waals surface area contributed by atoms with Crippen LogP contribution in [0.2, 0.25) is 5.02 Å². The molecule has 0 unspecified atom stereocenters. The van der Waals surface area contributed by atoms with Crippen LogP contribution in [0, 0.1) is 0 Å². The van der Waals surface area contributed by atoms with Gasteiger partial charge in [-0.15, -0.1) is 0 Å². The molecule has 2 fully saturated rings. The minimum atomic E-state index is -0.927. The highest BCUT2D eigenvalue weighted by Crippen LogP contribution is 2.37. The largest absolute Gasteiger partial charge is 0.463 e. The van der Waals surface area contributed by atoms with Crippen LogP contribution in [0.1, 0.15) is 17.7 Å². The number of ether oxygens (including phenoxy) is 2. The van der Waals surface area contributed by atoms with E-state index in [9.17, 15) is 9.18 Å². The van der Waals surface area contributed by atoms with Crippen molar-refractivity contribution >= 4 is 39.8 Å². The number of hydrogen-bond donors (Lipinski definition) is 0. The lowest BCUT2D eigenvalue weighted by atomic mass is 10.0. The molecule has 0 spiro atoms. The molecule has 2 aromatic carbocycles. The van der Waals surface area contributed by atoms with E-state index in [1.54, 1.807) is 0 Å². The van der Waals surface area contributed by atoms with E-state index in [1.807, 2.05) is 12.1 Å². The number of benzene rings is 2. The van der Waals surface area contributed by atoms with Gasteiger partial charge in [-0.25, -0.2) is 4.39 Å². The molecule has 0 saturated carbocycles. The molecule has 11 heteroatoms. The number of amides is 1. The van der Waals surface area contributed by atoms with Crippen LogP contribution in [0.25, 0.3) is 10.8 Å². The summed E-state index contributed by atoms with van der Waals surface area (Å²) in [6.07, 6.45) is 1.62. The van der Waals surface area contributed by atoms with Gasteiger partial charge in [0.05, 0.1) is 37.1 Å². The first-order valence-electron chi connectivity index (χ1n) is 14.6. The highest BCUT2D eigenvalue weighted by atomic mass is 35.5. The number of fused-ring (bicyclic) bond motifs is 2. The first kappa shape index (κ1) is 28.6. The van der Waals surface area contributed by atoms with Crippen LogP contribution in [0.15, 0.2) is 48.8 Å². The number of carbonyl (C=O) groups is 1. The smallest absolute Gasteiger partial charge is 0.318 e. The topological polar surface area (TPSA) is 74.3 Å². The normalized spacial score (nSPS) is 17.8. The average Bonchev–Trinajstić information content (AvgIpc) is 3.02. The molecule has 6 rings (SSSR count). The maximum Gasteiger partial charge on any atom is 0.318 e. The number of nitrogens with zero attached hydrogens (tertiary/aromatic N) is 6. The van der Waals surface area contributed by atoms with Gasteiger partial charge in [0.25, 0.3) is 5.91 Å². The molecule has 0 N–H and O–H groups in total. The lowest BCUT2D eigenvalue weighted by Crippen LogP contribution is -2.49. The number of anilines is 2. The minimum Gasteiger partial charge on any atom is -0.463 e. The summed E-state index contributed by atoms with van der Waals surface area (Å²) in [4.78, 5) is 30.3. The number of morpholine rings is 1. The van der Waals surface area contributed by atoms with E-state index >= 15 is 0 Å². The summed E-state index contributed by atoms with van der Waals surface area (Å²) in [7, 11) is 0. The standard InChI is InChI=1S/C31H36ClFN6O3/c1-22(33)30(40)38-14-12-37(13-15-38)29-24-9-11-39(27-8-3-6-23-5-2-7-25(32)28(23)27)21-26(24)34-31(35-29)42-18-4-10-36-16-19-41-20-17-36/h2-3,5-8H,1,4,9-21H2. The van der Waals surface area contributed by atoms with Crippen molar-refractivity contribution in [3.63, 3.8) is 0 Å². The molecule has 3 aliphatic rings. The molecule has 0 atom stereocenters. The van der Waals surface area contributed by atoms with Crippen molar-refractivity contribution in [3.8, 4) is 6.01 Å². The first-order valence-corrected chi connectivity index (χ1v) is 15.0. The van der Waals surface area contributed by atoms with Gasteiger partial charge in [-0.05, 0) is 30.4 Å². The maximum absolute atomic E-state index is 13.5. The van der Waals surface area contributed by atoms with Gasteiger partial charge in [-0.1, -0.05) is 42.4 Å². The van der Waals surface area contributed by atoms with Crippen molar-refractivity contribution < 1.29 is 18.7 Å². The fourth-order valence-electron chi connectivity index (χ4n) is 6.03. The summed E-state index contributed by atoms with van der Waals surface area (Å²) in [5.41, 5.74) is 3.09. The average molecular weight is 595 g/mol. The van der Waals surface area contributed by atoms with Crippen molar-refractivity contribution in [2.75, 3.05) is 82.0 Å².